The summed E-state index contributed by atoms with van der Waals surface area (Å²) in [5.41, 5.74) is 10.9. The molecule has 0 aliphatic rings. The standard InChI is InChI=1S/C54H33N9/c1-7-22-40-34(16-1)35-17-2-8-23-41(35)61(40)49-47(53-57-30-14-31-58-53)46(52-55-28-13-29-56-52)48(54-59-32-15-33-60-54)50(62-42-24-9-3-18-36(42)37-19-4-10-25-43(37)62)51(49)63-44-26-11-5-20-38(44)39-21-6-12-27-45(39)63/h1-33H. The van der Waals surface area contributed by atoms with Crippen LogP contribution in [0.3, 0.4) is 0 Å². The molecule has 0 bridgehead atoms. The predicted octanol–water partition coefficient (Wildman–Crippen LogP) is 12.3. The molecule has 0 saturated carbocycles. The van der Waals surface area contributed by atoms with Gasteiger partial charge in [-0.3, -0.25) is 0 Å². The zero-order chi connectivity index (χ0) is 41.4. The van der Waals surface area contributed by atoms with Crippen molar-refractivity contribution in [1.82, 2.24) is 43.6 Å². The smallest absolute Gasteiger partial charge is 0.162 e. The molecule has 9 heteroatoms. The Morgan fingerprint density at radius 3 is 0.714 bits per heavy atom. The highest BCUT2D eigenvalue weighted by molar-refractivity contribution is 6.17. The van der Waals surface area contributed by atoms with E-state index in [9.17, 15) is 0 Å². The minimum atomic E-state index is 0.486. The van der Waals surface area contributed by atoms with Gasteiger partial charge in [0.05, 0.1) is 61.3 Å². The molecule has 294 valence electrons. The van der Waals surface area contributed by atoms with E-state index in [-0.39, 0.29) is 0 Å². The molecule has 0 amide bonds. The van der Waals surface area contributed by atoms with Gasteiger partial charge in [-0.25, -0.2) is 29.9 Å². The van der Waals surface area contributed by atoms with Crippen molar-refractivity contribution in [2.24, 2.45) is 0 Å². The SMILES string of the molecule is c1cnc(-c2c(-c3ncccn3)c(-n3c4ccccc4c4ccccc43)c(-n3c4ccccc4c4ccccc43)c(-n3c4ccccc4c4ccccc43)c2-c2ncccn2)nc1. The molecular formula is C54H33N9. The molecule has 6 heterocycles. The second-order valence-corrected chi connectivity index (χ2v) is 15.5. The molecule has 0 aliphatic carbocycles. The zero-order valence-corrected chi connectivity index (χ0v) is 33.6. The Morgan fingerprint density at radius 2 is 0.444 bits per heavy atom. The van der Waals surface area contributed by atoms with E-state index >= 15 is 0 Å². The third kappa shape index (κ3) is 5.11. The topological polar surface area (TPSA) is 92.1 Å². The first-order valence-electron chi connectivity index (χ1n) is 20.9. The molecule has 0 radical (unpaired) electrons. The summed E-state index contributed by atoms with van der Waals surface area (Å²) in [5, 5.41) is 6.72. The summed E-state index contributed by atoms with van der Waals surface area (Å²) in [4.78, 5) is 30.5. The molecule has 63 heavy (non-hydrogen) atoms. The summed E-state index contributed by atoms with van der Waals surface area (Å²) in [5.74, 6) is 1.50. The van der Waals surface area contributed by atoms with E-state index in [1.54, 1.807) is 37.2 Å². The maximum Gasteiger partial charge on any atom is 0.162 e. The minimum absolute atomic E-state index is 0.486. The fourth-order valence-electron chi connectivity index (χ4n) is 9.79. The molecule has 0 aliphatic heterocycles. The van der Waals surface area contributed by atoms with Crippen molar-refractivity contribution in [2.45, 2.75) is 0 Å². The number of para-hydroxylation sites is 6. The van der Waals surface area contributed by atoms with Crippen molar-refractivity contribution in [3.8, 4) is 51.2 Å². The van der Waals surface area contributed by atoms with E-state index in [1.165, 1.54) is 0 Å². The second-order valence-electron chi connectivity index (χ2n) is 15.5. The van der Waals surface area contributed by atoms with Gasteiger partial charge in [-0.15, -0.1) is 0 Å². The number of aromatic nitrogens is 9. The van der Waals surface area contributed by atoms with Crippen LogP contribution in [0, 0.1) is 0 Å². The number of rotatable bonds is 6. The second kappa shape index (κ2) is 13.9. The van der Waals surface area contributed by atoms with Gasteiger partial charge in [0.1, 0.15) is 0 Å². The van der Waals surface area contributed by atoms with Crippen LogP contribution in [0.2, 0.25) is 0 Å². The Bertz CT molecular complexity index is 3570. The summed E-state index contributed by atoms with van der Waals surface area (Å²) in [6.07, 6.45) is 10.8. The molecular weight excluding hydrogens is 775 g/mol. The third-order valence-electron chi connectivity index (χ3n) is 12.2. The van der Waals surface area contributed by atoms with Gasteiger partial charge < -0.3 is 13.7 Å². The maximum absolute atomic E-state index is 5.10. The number of hydrogen-bond donors (Lipinski definition) is 0. The predicted molar refractivity (Wildman–Crippen MR) is 253 cm³/mol. The first kappa shape index (κ1) is 35.0. The fourth-order valence-corrected chi connectivity index (χ4v) is 9.79. The van der Waals surface area contributed by atoms with Gasteiger partial charge in [-0.2, -0.15) is 0 Å². The Balaban J connectivity index is 1.43. The molecule has 0 spiro atoms. The van der Waals surface area contributed by atoms with Gasteiger partial charge in [0.25, 0.3) is 0 Å². The summed E-state index contributed by atoms with van der Waals surface area (Å²) >= 11 is 0. The van der Waals surface area contributed by atoms with Crippen LogP contribution >= 0.6 is 0 Å². The van der Waals surface area contributed by atoms with E-state index in [1.807, 2.05) is 18.2 Å². The van der Waals surface area contributed by atoms with Crippen molar-refractivity contribution >= 4 is 65.4 Å². The highest BCUT2D eigenvalue weighted by atomic mass is 15.1. The Hall–Kier alpha value is -8.82. The van der Waals surface area contributed by atoms with Crippen molar-refractivity contribution in [3.63, 3.8) is 0 Å². The number of hydrogen-bond acceptors (Lipinski definition) is 6. The number of benzene rings is 7. The first-order valence-corrected chi connectivity index (χ1v) is 20.9. The van der Waals surface area contributed by atoms with Crippen LogP contribution in [0.1, 0.15) is 0 Å². The normalized spacial score (nSPS) is 11.8. The average Bonchev–Trinajstić information content (AvgIpc) is 4.00. The number of nitrogens with zero attached hydrogens (tertiary/aromatic N) is 9. The summed E-state index contributed by atoms with van der Waals surface area (Å²) in [7, 11) is 0. The molecule has 0 saturated heterocycles. The lowest BCUT2D eigenvalue weighted by atomic mass is 9.91. The Kier molecular flexibility index (Phi) is 7.70. The molecule has 7 aromatic carbocycles. The van der Waals surface area contributed by atoms with Crippen molar-refractivity contribution < 1.29 is 0 Å². The van der Waals surface area contributed by atoms with Gasteiger partial charge in [0, 0.05) is 75.1 Å². The van der Waals surface area contributed by atoms with Crippen LogP contribution in [-0.2, 0) is 0 Å². The van der Waals surface area contributed by atoms with Crippen LogP contribution in [-0.4, -0.2) is 43.6 Å². The zero-order valence-electron chi connectivity index (χ0n) is 33.6. The van der Waals surface area contributed by atoms with E-state index in [2.05, 4.69) is 159 Å². The van der Waals surface area contributed by atoms with Crippen molar-refractivity contribution in [1.29, 1.82) is 0 Å². The van der Waals surface area contributed by atoms with Crippen LogP contribution < -0.4 is 0 Å². The first-order chi connectivity index (χ1) is 31.3. The molecule has 0 unspecified atom stereocenters. The molecule has 6 aromatic heterocycles. The van der Waals surface area contributed by atoms with E-state index in [4.69, 9.17) is 29.9 Å². The van der Waals surface area contributed by atoms with Crippen molar-refractivity contribution in [3.05, 3.63) is 201 Å². The van der Waals surface area contributed by atoms with Crippen LogP contribution in [0.25, 0.3) is 117 Å². The monoisotopic (exact) mass is 807 g/mol. The summed E-state index contributed by atoms with van der Waals surface area (Å²) < 4.78 is 7.22. The van der Waals surface area contributed by atoms with Gasteiger partial charge in [0.15, 0.2) is 17.5 Å². The lowest BCUT2D eigenvalue weighted by molar-refractivity contribution is 1.03. The Morgan fingerprint density at radius 1 is 0.222 bits per heavy atom. The van der Waals surface area contributed by atoms with E-state index in [0.717, 1.165) is 93.6 Å². The lowest BCUT2D eigenvalue weighted by Crippen LogP contribution is -2.15. The van der Waals surface area contributed by atoms with E-state index in [0.29, 0.717) is 23.0 Å². The van der Waals surface area contributed by atoms with Gasteiger partial charge >= 0.3 is 0 Å². The number of fused-ring (bicyclic) bond motifs is 9. The molecule has 0 fully saturated rings. The summed E-state index contributed by atoms with van der Waals surface area (Å²) in [6.45, 7) is 0. The largest absolute Gasteiger partial charge is 0.306 e. The Labute approximate surface area is 359 Å². The maximum atomic E-state index is 5.10. The fraction of sp³-hybridized carbons (Fsp3) is 0. The molecule has 13 aromatic rings. The van der Waals surface area contributed by atoms with Crippen molar-refractivity contribution in [2.75, 3.05) is 0 Å². The molecule has 13 rings (SSSR count). The van der Waals surface area contributed by atoms with Crippen LogP contribution in [0.4, 0.5) is 0 Å². The highest BCUT2D eigenvalue weighted by Gasteiger charge is 2.36. The minimum Gasteiger partial charge on any atom is -0.306 e. The average molecular weight is 808 g/mol. The third-order valence-corrected chi connectivity index (χ3v) is 12.2. The summed E-state index contributed by atoms with van der Waals surface area (Å²) in [6, 6.07) is 57.3. The quantitative estimate of drug-likeness (QED) is 0.166. The van der Waals surface area contributed by atoms with Crippen LogP contribution in [0.5, 0.6) is 0 Å². The van der Waals surface area contributed by atoms with Gasteiger partial charge in [-0.1, -0.05) is 109 Å². The highest BCUT2D eigenvalue weighted by Crippen LogP contribution is 2.53. The van der Waals surface area contributed by atoms with E-state index < -0.39 is 0 Å². The molecule has 0 N–H and O–H groups in total. The molecule has 0 atom stereocenters. The van der Waals surface area contributed by atoms with Gasteiger partial charge in [-0.05, 0) is 54.6 Å². The lowest BCUT2D eigenvalue weighted by Gasteiger charge is -2.29. The molecule has 9 nitrogen and oxygen atoms in total. The van der Waals surface area contributed by atoms with Gasteiger partial charge in [0.2, 0.25) is 0 Å². The van der Waals surface area contributed by atoms with Crippen LogP contribution in [0.15, 0.2) is 201 Å².